The second-order valence-corrected chi connectivity index (χ2v) is 8.10. The molecule has 0 aliphatic carbocycles. The van der Waals surface area contributed by atoms with E-state index in [4.69, 9.17) is 4.74 Å². The SMILES string of the molecule is COc1ccccc1N1C(=O)C(Nc2ccc(N3CCCC3)cc2)=C(c2ccccc2)C1=O. The predicted molar refractivity (Wildman–Crippen MR) is 130 cm³/mol. The van der Waals surface area contributed by atoms with Crippen LogP contribution in [0.15, 0.2) is 84.6 Å². The fraction of sp³-hybridized carbons (Fsp3) is 0.185. The molecule has 6 nitrogen and oxygen atoms in total. The van der Waals surface area contributed by atoms with Crippen molar-refractivity contribution in [2.24, 2.45) is 0 Å². The molecule has 0 bridgehead atoms. The number of carbonyl (C=O) groups excluding carboxylic acids is 2. The van der Waals surface area contributed by atoms with Crippen molar-refractivity contribution < 1.29 is 14.3 Å². The number of methoxy groups -OCH3 is 1. The van der Waals surface area contributed by atoms with Crippen LogP contribution in [0.3, 0.4) is 0 Å². The van der Waals surface area contributed by atoms with Gasteiger partial charge in [0.15, 0.2) is 0 Å². The van der Waals surface area contributed by atoms with Gasteiger partial charge in [0.2, 0.25) is 0 Å². The smallest absolute Gasteiger partial charge is 0.282 e. The van der Waals surface area contributed by atoms with Gasteiger partial charge in [0.25, 0.3) is 11.8 Å². The van der Waals surface area contributed by atoms with Crippen LogP contribution in [0.2, 0.25) is 0 Å². The lowest BCUT2D eigenvalue weighted by atomic mass is 10.0. The third-order valence-electron chi connectivity index (χ3n) is 6.08. The minimum atomic E-state index is -0.410. The molecule has 2 heterocycles. The molecule has 2 aliphatic heterocycles. The molecule has 1 saturated heterocycles. The van der Waals surface area contributed by atoms with Gasteiger partial charge < -0.3 is 15.0 Å². The molecule has 3 aromatic carbocycles. The van der Waals surface area contributed by atoms with E-state index in [9.17, 15) is 9.59 Å². The average molecular weight is 440 g/mol. The Bertz CT molecular complexity index is 1210. The summed E-state index contributed by atoms with van der Waals surface area (Å²) in [7, 11) is 1.52. The van der Waals surface area contributed by atoms with E-state index < -0.39 is 5.91 Å². The highest BCUT2D eigenvalue weighted by Crippen LogP contribution is 2.37. The van der Waals surface area contributed by atoms with Crippen molar-refractivity contribution in [3.05, 3.63) is 90.1 Å². The van der Waals surface area contributed by atoms with Crippen molar-refractivity contribution in [1.82, 2.24) is 0 Å². The Balaban J connectivity index is 1.52. The number of benzene rings is 3. The van der Waals surface area contributed by atoms with Crippen LogP contribution in [-0.4, -0.2) is 32.0 Å². The maximum absolute atomic E-state index is 13.6. The van der Waals surface area contributed by atoms with E-state index in [1.165, 1.54) is 30.5 Å². The number of nitrogens with zero attached hydrogens (tertiary/aromatic N) is 2. The van der Waals surface area contributed by atoms with Crippen LogP contribution in [0.4, 0.5) is 17.1 Å². The van der Waals surface area contributed by atoms with Gasteiger partial charge in [-0.15, -0.1) is 0 Å². The lowest BCUT2D eigenvalue weighted by Crippen LogP contribution is -2.32. The molecule has 0 atom stereocenters. The molecule has 3 aromatic rings. The van der Waals surface area contributed by atoms with Crippen molar-refractivity contribution in [2.45, 2.75) is 12.8 Å². The van der Waals surface area contributed by atoms with Gasteiger partial charge in [0.05, 0.1) is 18.4 Å². The topological polar surface area (TPSA) is 61.9 Å². The molecule has 2 amide bonds. The first kappa shape index (κ1) is 20.8. The molecule has 0 saturated carbocycles. The molecule has 33 heavy (non-hydrogen) atoms. The third kappa shape index (κ3) is 3.84. The Morgan fingerprint density at radius 2 is 1.45 bits per heavy atom. The number of imide groups is 1. The van der Waals surface area contributed by atoms with Crippen molar-refractivity contribution >= 4 is 34.4 Å². The lowest BCUT2D eigenvalue weighted by Gasteiger charge is -2.19. The highest BCUT2D eigenvalue weighted by molar-refractivity contribution is 6.46. The fourth-order valence-corrected chi connectivity index (χ4v) is 4.43. The summed E-state index contributed by atoms with van der Waals surface area (Å²) in [6.07, 6.45) is 2.42. The largest absolute Gasteiger partial charge is 0.495 e. The van der Waals surface area contributed by atoms with E-state index in [1.807, 2.05) is 42.5 Å². The van der Waals surface area contributed by atoms with Gasteiger partial charge in [0.1, 0.15) is 11.4 Å². The second-order valence-electron chi connectivity index (χ2n) is 8.10. The molecule has 0 unspecified atom stereocenters. The summed E-state index contributed by atoms with van der Waals surface area (Å²) in [6, 6.07) is 24.3. The molecule has 0 aromatic heterocycles. The number of hydrogen-bond acceptors (Lipinski definition) is 5. The molecule has 1 fully saturated rings. The first-order valence-corrected chi connectivity index (χ1v) is 11.1. The Morgan fingerprint density at radius 1 is 0.788 bits per heavy atom. The van der Waals surface area contributed by atoms with E-state index in [0.717, 1.165) is 18.8 Å². The highest BCUT2D eigenvalue weighted by atomic mass is 16.5. The predicted octanol–water partition coefficient (Wildman–Crippen LogP) is 4.69. The van der Waals surface area contributed by atoms with Gasteiger partial charge in [-0.3, -0.25) is 9.59 Å². The monoisotopic (exact) mass is 439 g/mol. The first-order valence-electron chi connectivity index (χ1n) is 11.1. The van der Waals surface area contributed by atoms with Crippen LogP contribution >= 0.6 is 0 Å². The number of anilines is 3. The van der Waals surface area contributed by atoms with Crippen LogP contribution < -0.4 is 19.9 Å². The third-order valence-corrected chi connectivity index (χ3v) is 6.08. The van der Waals surface area contributed by atoms with E-state index in [0.29, 0.717) is 22.6 Å². The normalized spacial score (nSPS) is 16.0. The standard InChI is InChI=1S/C27H25N3O3/c1-33-23-12-6-5-11-22(23)30-26(31)24(19-9-3-2-4-10-19)25(27(30)32)28-20-13-15-21(16-14-20)29-17-7-8-18-29/h2-6,9-16,28H,7-8,17-18H2,1H3. The van der Waals surface area contributed by atoms with Gasteiger partial charge in [0, 0.05) is 24.5 Å². The number of nitrogens with one attached hydrogen (secondary N) is 1. The molecule has 5 rings (SSSR count). The minimum Gasteiger partial charge on any atom is -0.495 e. The summed E-state index contributed by atoms with van der Waals surface area (Å²) in [5, 5.41) is 3.23. The zero-order valence-electron chi connectivity index (χ0n) is 18.5. The Morgan fingerprint density at radius 3 is 2.15 bits per heavy atom. The number of rotatable bonds is 6. The lowest BCUT2D eigenvalue weighted by molar-refractivity contribution is -0.120. The number of ether oxygens (including phenoxy) is 1. The molecule has 166 valence electrons. The number of carbonyl (C=O) groups is 2. The van der Waals surface area contributed by atoms with Gasteiger partial charge in [-0.2, -0.15) is 0 Å². The summed E-state index contributed by atoms with van der Waals surface area (Å²) in [5.41, 5.74) is 3.62. The molecular formula is C27H25N3O3. The quantitative estimate of drug-likeness (QED) is 0.565. The summed E-state index contributed by atoms with van der Waals surface area (Å²) in [5.74, 6) is -0.332. The zero-order valence-corrected chi connectivity index (χ0v) is 18.5. The molecule has 6 heteroatoms. The van der Waals surface area contributed by atoms with Crippen LogP contribution in [0, 0.1) is 0 Å². The molecule has 0 radical (unpaired) electrons. The molecular weight excluding hydrogens is 414 g/mol. The van der Waals surface area contributed by atoms with Crippen molar-refractivity contribution in [3.63, 3.8) is 0 Å². The Labute approximate surface area is 193 Å². The van der Waals surface area contributed by atoms with Gasteiger partial charge in [-0.05, 0) is 54.8 Å². The number of hydrogen-bond donors (Lipinski definition) is 1. The van der Waals surface area contributed by atoms with Crippen molar-refractivity contribution in [3.8, 4) is 5.75 Å². The van der Waals surface area contributed by atoms with Crippen LogP contribution in [0.1, 0.15) is 18.4 Å². The summed E-state index contributed by atoms with van der Waals surface area (Å²) >= 11 is 0. The van der Waals surface area contributed by atoms with Crippen LogP contribution in [0.25, 0.3) is 5.57 Å². The Kier molecular flexibility index (Phi) is 5.57. The van der Waals surface area contributed by atoms with Crippen LogP contribution in [0.5, 0.6) is 5.75 Å². The molecule has 2 aliphatic rings. The van der Waals surface area contributed by atoms with Gasteiger partial charge in [-0.1, -0.05) is 42.5 Å². The van der Waals surface area contributed by atoms with Crippen molar-refractivity contribution in [2.75, 3.05) is 35.3 Å². The minimum absolute atomic E-state index is 0.256. The number of amides is 2. The molecule has 1 N–H and O–H groups in total. The van der Waals surface area contributed by atoms with Crippen LogP contribution in [-0.2, 0) is 9.59 Å². The van der Waals surface area contributed by atoms with E-state index in [-0.39, 0.29) is 11.6 Å². The first-order chi connectivity index (χ1) is 16.2. The fourth-order valence-electron chi connectivity index (χ4n) is 4.43. The summed E-state index contributed by atoms with van der Waals surface area (Å²) < 4.78 is 5.42. The summed E-state index contributed by atoms with van der Waals surface area (Å²) in [6.45, 7) is 2.13. The molecule has 0 spiro atoms. The van der Waals surface area contributed by atoms with Crippen molar-refractivity contribution in [1.29, 1.82) is 0 Å². The summed E-state index contributed by atoms with van der Waals surface area (Å²) in [4.78, 5) is 30.7. The Hall–Kier alpha value is -4.06. The maximum atomic E-state index is 13.6. The van der Waals surface area contributed by atoms with E-state index >= 15 is 0 Å². The average Bonchev–Trinajstić information content (AvgIpc) is 3.47. The second kappa shape index (κ2) is 8.82. The zero-order chi connectivity index (χ0) is 22.8. The van der Waals surface area contributed by atoms with Gasteiger partial charge >= 0.3 is 0 Å². The highest BCUT2D eigenvalue weighted by Gasteiger charge is 2.41. The maximum Gasteiger partial charge on any atom is 0.282 e. The number of para-hydroxylation sites is 2. The van der Waals surface area contributed by atoms with E-state index in [2.05, 4.69) is 22.3 Å². The van der Waals surface area contributed by atoms with Gasteiger partial charge in [-0.25, -0.2) is 4.90 Å². The van der Waals surface area contributed by atoms with E-state index in [1.54, 1.807) is 24.3 Å².